The Balaban J connectivity index is 1.65. The minimum Gasteiger partial charge on any atom is -0.389 e. The monoisotopic (exact) mass is 364 g/mol. The molecule has 0 unspecified atom stereocenters. The van der Waals surface area contributed by atoms with Crippen LogP contribution in [0.25, 0.3) is 6.08 Å². The van der Waals surface area contributed by atoms with Crippen molar-refractivity contribution in [2.75, 3.05) is 39.0 Å². The second-order valence-electron chi connectivity index (χ2n) is 7.56. The minimum absolute atomic E-state index is 0.0192. The number of hydrogen-bond acceptors (Lipinski definition) is 4. The summed E-state index contributed by atoms with van der Waals surface area (Å²) in [6.45, 7) is 5.41. The van der Waals surface area contributed by atoms with Crippen molar-refractivity contribution in [1.82, 2.24) is 9.21 Å². The fourth-order valence-corrected chi connectivity index (χ4v) is 4.89. The van der Waals surface area contributed by atoms with E-state index in [0.29, 0.717) is 25.9 Å². The highest BCUT2D eigenvalue weighted by atomic mass is 32.2. The maximum atomic E-state index is 11.8. The molecule has 3 rings (SSSR count). The summed E-state index contributed by atoms with van der Waals surface area (Å²) in [4.78, 5) is 2.33. The Morgan fingerprint density at radius 1 is 1.24 bits per heavy atom. The van der Waals surface area contributed by atoms with Crippen LogP contribution in [-0.4, -0.2) is 67.3 Å². The third-order valence-corrected chi connectivity index (χ3v) is 6.74. The molecule has 25 heavy (non-hydrogen) atoms. The van der Waals surface area contributed by atoms with Gasteiger partial charge >= 0.3 is 0 Å². The second-order valence-corrected chi connectivity index (χ2v) is 9.54. The molecule has 2 aliphatic heterocycles. The molecule has 2 saturated heterocycles. The zero-order chi connectivity index (χ0) is 18.1. The summed E-state index contributed by atoms with van der Waals surface area (Å²) in [5.74, 6) is -0.0192. The molecule has 1 N–H and O–H groups in total. The van der Waals surface area contributed by atoms with Crippen LogP contribution >= 0.6 is 0 Å². The van der Waals surface area contributed by atoms with Gasteiger partial charge in [0.1, 0.15) is 0 Å². The molecule has 0 radical (unpaired) electrons. The van der Waals surface area contributed by atoms with Crippen molar-refractivity contribution in [2.45, 2.75) is 25.4 Å². The zero-order valence-electron chi connectivity index (χ0n) is 15.1. The highest BCUT2D eigenvalue weighted by Crippen LogP contribution is 2.36. The Labute approximate surface area is 151 Å². The van der Waals surface area contributed by atoms with Crippen molar-refractivity contribution in [2.24, 2.45) is 5.92 Å². The van der Waals surface area contributed by atoms with Gasteiger partial charge in [-0.3, -0.25) is 4.90 Å². The summed E-state index contributed by atoms with van der Waals surface area (Å²) in [7, 11) is -3.19. The van der Waals surface area contributed by atoms with Crippen LogP contribution < -0.4 is 0 Å². The first-order chi connectivity index (χ1) is 11.8. The van der Waals surface area contributed by atoms with E-state index in [-0.39, 0.29) is 5.92 Å². The third-order valence-electron chi connectivity index (χ3n) is 5.47. The lowest BCUT2D eigenvalue weighted by Gasteiger charge is -2.49. The average Bonchev–Trinajstić information content (AvgIpc) is 2.54. The molecule has 0 bridgehead atoms. The zero-order valence-corrected chi connectivity index (χ0v) is 15.9. The van der Waals surface area contributed by atoms with E-state index < -0.39 is 15.6 Å². The van der Waals surface area contributed by atoms with Gasteiger partial charge in [0.2, 0.25) is 10.0 Å². The highest BCUT2D eigenvalue weighted by molar-refractivity contribution is 7.88. The van der Waals surface area contributed by atoms with Gasteiger partial charge in [-0.1, -0.05) is 42.0 Å². The lowest BCUT2D eigenvalue weighted by molar-refractivity contribution is -0.0996. The average molecular weight is 365 g/mol. The van der Waals surface area contributed by atoms with E-state index >= 15 is 0 Å². The van der Waals surface area contributed by atoms with Crippen LogP contribution in [0, 0.1) is 5.92 Å². The predicted octanol–water partition coefficient (Wildman–Crippen LogP) is 1.81. The number of sulfonamides is 1. The normalized spacial score (nSPS) is 29.4. The molecule has 0 aliphatic carbocycles. The molecule has 2 fully saturated rings. The molecular formula is C19H28N2O3S. The molecule has 0 saturated carbocycles. The van der Waals surface area contributed by atoms with Gasteiger partial charge in [0.05, 0.1) is 11.9 Å². The van der Waals surface area contributed by atoms with Crippen molar-refractivity contribution in [3.8, 4) is 0 Å². The van der Waals surface area contributed by atoms with Crippen LogP contribution in [0.1, 0.15) is 25.3 Å². The number of aliphatic hydroxyl groups is 1. The Morgan fingerprint density at radius 3 is 2.60 bits per heavy atom. The van der Waals surface area contributed by atoms with E-state index in [1.165, 1.54) is 21.7 Å². The number of benzene rings is 1. The quantitative estimate of drug-likeness (QED) is 0.885. The van der Waals surface area contributed by atoms with Gasteiger partial charge in [-0.2, -0.15) is 0 Å². The van der Waals surface area contributed by atoms with Crippen LogP contribution in [0.2, 0.25) is 0 Å². The highest BCUT2D eigenvalue weighted by Gasteiger charge is 2.46. The molecule has 1 aromatic carbocycles. The van der Waals surface area contributed by atoms with Crippen molar-refractivity contribution in [3.63, 3.8) is 0 Å². The van der Waals surface area contributed by atoms with Gasteiger partial charge in [0.25, 0.3) is 0 Å². The summed E-state index contributed by atoms with van der Waals surface area (Å²) in [6.07, 6.45) is 4.69. The van der Waals surface area contributed by atoms with Crippen molar-refractivity contribution in [3.05, 3.63) is 41.5 Å². The van der Waals surface area contributed by atoms with Crippen LogP contribution in [0.15, 0.2) is 35.9 Å². The van der Waals surface area contributed by atoms with Crippen LogP contribution in [0.5, 0.6) is 0 Å². The predicted molar refractivity (Wildman–Crippen MR) is 101 cm³/mol. The Hall–Kier alpha value is -1.21. The van der Waals surface area contributed by atoms with E-state index in [0.717, 1.165) is 19.6 Å². The maximum Gasteiger partial charge on any atom is 0.211 e. The fraction of sp³-hybridized carbons (Fsp3) is 0.579. The van der Waals surface area contributed by atoms with E-state index in [1.54, 1.807) is 0 Å². The Kier molecular flexibility index (Phi) is 5.34. The van der Waals surface area contributed by atoms with E-state index in [2.05, 4.69) is 30.0 Å². The van der Waals surface area contributed by atoms with Crippen LogP contribution in [-0.2, 0) is 10.0 Å². The van der Waals surface area contributed by atoms with Crippen LogP contribution in [0.4, 0.5) is 0 Å². The number of rotatable bonds is 4. The van der Waals surface area contributed by atoms with Crippen molar-refractivity contribution in [1.29, 1.82) is 0 Å². The molecule has 0 amide bonds. The number of likely N-dealkylation sites (tertiary alicyclic amines) is 1. The summed E-state index contributed by atoms with van der Waals surface area (Å²) in [5.41, 5.74) is 1.75. The van der Waals surface area contributed by atoms with Crippen LogP contribution in [0.3, 0.4) is 0 Å². The van der Waals surface area contributed by atoms with E-state index in [4.69, 9.17) is 0 Å². The number of piperidine rings is 2. The molecule has 2 aliphatic rings. The first kappa shape index (κ1) is 18.6. The SMILES string of the molecule is CC(=Cc1ccccc1)CN1CC[C@@]2(O)CCN(S(C)(=O)=O)C[C@H]2C1. The molecule has 0 spiro atoms. The second kappa shape index (κ2) is 7.19. The summed E-state index contributed by atoms with van der Waals surface area (Å²) < 4.78 is 25.2. The molecule has 0 aromatic heterocycles. The lowest BCUT2D eigenvalue weighted by atomic mass is 9.76. The largest absolute Gasteiger partial charge is 0.389 e. The fourth-order valence-electron chi connectivity index (χ4n) is 4.02. The number of hydrogen-bond donors (Lipinski definition) is 1. The standard InChI is InChI=1S/C19H28N2O3S/c1-16(12-17-6-4-3-5-7-17)13-20-10-8-19(22)9-11-21(25(2,23)24)15-18(19)14-20/h3-7,12,18,22H,8-11,13-15H2,1-2H3/t18-,19-/m1/s1. The molecule has 1 aromatic rings. The summed E-state index contributed by atoms with van der Waals surface area (Å²) in [5, 5.41) is 10.9. The maximum absolute atomic E-state index is 11.8. The van der Waals surface area contributed by atoms with Gasteiger partial charge in [-0.15, -0.1) is 0 Å². The van der Waals surface area contributed by atoms with Gasteiger partial charge < -0.3 is 5.11 Å². The number of fused-ring (bicyclic) bond motifs is 1. The summed E-state index contributed by atoms with van der Waals surface area (Å²) in [6, 6.07) is 10.2. The van der Waals surface area contributed by atoms with Crippen molar-refractivity contribution < 1.29 is 13.5 Å². The first-order valence-corrected chi connectivity index (χ1v) is 10.7. The van der Waals surface area contributed by atoms with Gasteiger partial charge in [0, 0.05) is 38.6 Å². The molecule has 2 heterocycles. The van der Waals surface area contributed by atoms with E-state index in [1.807, 2.05) is 18.2 Å². The topological polar surface area (TPSA) is 60.9 Å². The Morgan fingerprint density at radius 2 is 1.92 bits per heavy atom. The molecule has 5 nitrogen and oxygen atoms in total. The van der Waals surface area contributed by atoms with Gasteiger partial charge in [-0.25, -0.2) is 12.7 Å². The summed E-state index contributed by atoms with van der Waals surface area (Å²) >= 11 is 0. The number of nitrogens with zero attached hydrogens (tertiary/aromatic N) is 2. The van der Waals surface area contributed by atoms with E-state index in [9.17, 15) is 13.5 Å². The first-order valence-electron chi connectivity index (χ1n) is 8.88. The lowest BCUT2D eigenvalue weighted by Crippen LogP contribution is -2.60. The van der Waals surface area contributed by atoms with Gasteiger partial charge in [0.15, 0.2) is 0 Å². The molecule has 2 atom stereocenters. The third kappa shape index (κ3) is 4.50. The molecule has 6 heteroatoms. The molecule has 138 valence electrons. The molecular weight excluding hydrogens is 336 g/mol. The van der Waals surface area contributed by atoms with Gasteiger partial charge in [-0.05, 0) is 25.3 Å². The smallest absolute Gasteiger partial charge is 0.211 e. The minimum atomic E-state index is -3.19. The Bertz CT molecular complexity index is 732. The van der Waals surface area contributed by atoms with Crippen molar-refractivity contribution >= 4 is 16.1 Å².